The van der Waals surface area contributed by atoms with Crippen LogP contribution in [-0.4, -0.2) is 10.9 Å². The van der Waals surface area contributed by atoms with Crippen LogP contribution < -0.4 is 11.1 Å². The number of carbonyl (C=O) groups excluding carboxylic acids is 1. The molecule has 0 bridgehead atoms. The van der Waals surface area contributed by atoms with Crippen LogP contribution in [0, 0.1) is 12.7 Å². The summed E-state index contributed by atoms with van der Waals surface area (Å²) in [6.45, 7) is 3.96. The Bertz CT molecular complexity index is 616. The lowest BCUT2D eigenvalue weighted by molar-refractivity contribution is 0.0950. The Balaban J connectivity index is 2.05. The van der Waals surface area contributed by atoms with Crippen molar-refractivity contribution in [3.8, 4) is 0 Å². The number of thiazole rings is 1. The van der Waals surface area contributed by atoms with Gasteiger partial charge in [0.05, 0.1) is 6.54 Å². The molecule has 0 fully saturated rings. The Morgan fingerprint density at radius 2 is 2.25 bits per heavy atom. The zero-order valence-electron chi connectivity index (χ0n) is 11.4. The lowest BCUT2D eigenvalue weighted by Crippen LogP contribution is -2.23. The maximum atomic E-state index is 13.5. The molecule has 2 aromatic rings. The van der Waals surface area contributed by atoms with Crippen LogP contribution in [0.3, 0.4) is 0 Å². The predicted octanol–water partition coefficient (Wildman–Crippen LogP) is 2.67. The number of hydrogen-bond donors (Lipinski definition) is 2. The molecule has 0 saturated carbocycles. The molecule has 0 saturated heterocycles. The van der Waals surface area contributed by atoms with Crippen molar-refractivity contribution in [2.45, 2.75) is 26.8 Å². The summed E-state index contributed by atoms with van der Waals surface area (Å²) >= 11 is 1.55. The second kappa shape index (κ2) is 6.00. The third-order valence-electron chi connectivity index (χ3n) is 3.00. The van der Waals surface area contributed by atoms with Gasteiger partial charge in [-0.3, -0.25) is 4.79 Å². The molecule has 0 aliphatic heterocycles. The molecule has 1 aromatic heterocycles. The fraction of sp³-hybridized carbons (Fsp3) is 0.286. The van der Waals surface area contributed by atoms with Gasteiger partial charge in [-0.1, -0.05) is 6.92 Å². The van der Waals surface area contributed by atoms with Gasteiger partial charge in [0.2, 0.25) is 0 Å². The van der Waals surface area contributed by atoms with Crippen molar-refractivity contribution in [2.75, 3.05) is 5.73 Å². The highest BCUT2D eigenvalue weighted by Gasteiger charge is 2.11. The van der Waals surface area contributed by atoms with E-state index < -0.39 is 5.82 Å². The number of halogens is 1. The summed E-state index contributed by atoms with van der Waals surface area (Å²) in [5, 5.41) is 3.54. The Morgan fingerprint density at radius 3 is 2.85 bits per heavy atom. The predicted molar refractivity (Wildman–Crippen MR) is 78.2 cm³/mol. The first-order valence-corrected chi connectivity index (χ1v) is 7.10. The average molecular weight is 293 g/mol. The number of amides is 1. The van der Waals surface area contributed by atoms with Crippen molar-refractivity contribution in [3.05, 3.63) is 45.2 Å². The molecule has 4 nitrogen and oxygen atoms in total. The van der Waals surface area contributed by atoms with Gasteiger partial charge in [0.15, 0.2) is 0 Å². The average Bonchev–Trinajstić information content (AvgIpc) is 2.89. The van der Waals surface area contributed by atoms with Gasteiger partial charge in [-0.25, -0.2) is 9.37 Å². The van der Waals surface area contributed by atoms with E-state index in [4.69, 9.17) is 5.73 Å². The zero-order chi connectivity index (χ0) is 14.7. The zero-order valence-corrected chi connectivity index (χ0v) is 12.2. The van der Waals surface area contributed by atoms with E-state index >= 15 is 0 Å². The van der Waals surface area contributed by atoms with E-state index in [0.717, 1.165) is 11.4 Å². The molecule has 1 heterocycles. The minimum atomic E-state index is -0.474. The van der Waals surface area contributed by atoms with E-state index in [1.54, 1.807) is 24.5 Å². The van der Waals surface area contributed by atoms with Gasteiger partial charge in [0.1, 0.15) is 10.8 Å². The number of rotatable bonds is 4. The summed E-state index contributed by atoms with van der Waals surface area (Å²) in [6.07, 6.45) is 2.72. The van der Waals surface area contributed by atoms with Crippen molar-refractivity contribution >= 4 is 22.9 Å². The SMILES string of the molecule is CCc1cnc(CNC(=O)c2cc(N)c(C)c(F)c2)s1. The number of anilines is 1. The minimum absolute atomic E-state index is 0.220. The van der Waals surface area contributed by atoms with E-state index in [-0.39, 0.29) is 17.2 Å². The molecule has 106 valence electrons. The first kappa shape index (κ1) is 14.5. The van der Waals surface area contributed by atoms with Gasteiger partial charge < -0.3 is 11.1 Å². The van der Waals surface area contributed by atoms with Crippen molar-refractivity contribution < 1.29 is 9.18 Å². The van der Waals surface area contributed by atoms with Crippen LogP contribution >= 0.6 is 11.3 Å². The summed E-state index contributed by atoms with van der Waals surface area (Å²) < 4.78 is 13.5. The molecular weight excluding hydrogens is 277 g/mol. The van der Waals surface area contributed by atoms with Crippen molar-refractivity contribution in [2.24, 2.45) is 0 Å². The number of carbonyl (C=O) groups is 1. The van der Waals surface area contributed by atoms with Gasteiger partial charge in [-0.2, -0.15) is 0 Å². The largest absolute Gasteiger partial charge is 0.398 e. The van der Waals surface area contributed by atoms with Crippen molar-refractivity contribution in [1.82, 2.24) is 10.3 Å². The van der Waals surface area contributed by atoms with Gasteiger partial charge in [-0.15, -0.1) is 11.3 Å². The number of nitrogen functional groups attached to an aromatic ring is 1. The standard InChI is InChI=1S/C14H16FN3OS/c1-3-10-6-17-13(20-10)7-18-14(19)9-4-11(15)8(2)12(16)5-9/h4-6H,3,7,16H2,1-2H3,(H,18,19). The van der Waals surface area contributed by atoms with Crippen LogP contribution in [0.1, 0.15) is 32.7 Å². The van der Waals surface area contributed by atoms with E-state index in [1.165, 1.54) is 17.0 Å². The second-order valence-electron chi connectivity index (χ2n) is 4.43. The quantitative estimate of drug-likeness (QED) is 0.852. The number of nitrogens with two attached hydrogens (primary N) is 1. The fourth-order valence-corrected chi connectivity index (χ4v) is 2.48. The number of aryl methyl sites for hydroxylation is 1. The molecule has 0 unspecified atom stereocenters. The molecule has 20 heavy (non-hydrogen) atoms. The highest BCUT2D eigenvalue weighted by Crippen LogP contribution is 2.18. The molecule has 0 radical (unpaired) electrons. The van der Waals surface area contributed by atoms with Crippen LogP contribution in [0.4, 0.5) is 10.1 Å². The first-order chi connectivity index (χ1) is 9.51. The molecule has 0 atom stereocenters. The normalized spacial score (nSPS) is 10.6. The molecule has 0 aliphatic carbocycles. The van der Waals surface area contributed by atoms with E-state index in [2.05, 4.69) is 10.3 Å². The summed E-state index contributed by atoms with van der Waals surface area (Å²) in [4.78, 5) is 17.3. The van der Waals surface area contributed by atoms with Crippen LogP contribution in [0.15, 0.2) is 18.3 Å². The number of benzene rings is 1. The highest BCUT2D eigenvalue weighted by molar-refractivity contribution is 7.11. The first-order valence-electron chi connectivity index (χ1n) is 6.28. The number of nitrogens with one attached hydrogen (secondary N) is 1. The number of aromatic nitrogens is 1. The molecule has 1 amide bonds. The van der Waals surface area contributed by atoms with Crippen LogP contribution in [0.25, 0.3) is 0 Å². The molecule has 0 spiro atoms. The van der Waals surface area contributed by atoms with Crippen LogP contribution in [0.2, 0.25) is 0 Å². The van der Waals surface area contributed by atoms with Gasteiger partial charge in [0.25, 0.3) is 5.91 Å². The molecule has 2 rings (SSSR count). The number of hydrogen-bond acceptors (Lipinski definition) is 4. The maximum absolute atomic E-state index is 13.5. The second-order valence-corrected chi connectivity index (χ2v) is 5.63. The third-order valence-corrected chi connectivity index (χ3v) is 4.14. The smallest absolute Gasteiger partial charge is 0.251 e. The number of nitrogens with zero attached hydrogens (tertiary/aromatic N) is 1. The topological polar surface area (TPSA) is 68.0 Å². The minimum Gasteiger partial charge on any atom is -0.398 e. The molecular formula is C14H16FN3OS. The monoisotopic (exact) mass is 293 g/mol. The molecule has 0 aliphatic rings. The van der Waals surface area contributed by atoms with Crippen LogP contribution in [-0.2, 0) is 13.0 Å². The Morgan fingerprint density at radius 1 is 1.50 bits per heavy atom. The fourth-order valence-electron chi connectivity index (χ4n) is 1.68. The molecule has 1 aromatic carbocycles. The Hall–Kier alpha value is -1.95. The van der Waals surface area contributed by atoms with E-state index in [0.29, 0.717) is 12.1 Å². The highest BCUT2D eigenvalue weighted by atomic mass is 32.1. The summed E-state index contributed by atoms with van der Waals surface area (Å²) in [7, 11) is 0. The van der Waals surface area contributed by atoms with Crippen molar-refractivity contribution in [1.29, 1.82) is 0 Å². The Labute approximate surface area is 120 Å². The van der Waals surface area contributed by atoms with Gasteiger partial charge in [0, 0.05) is 27.9 Å². The van der Waals surface area contributed by atoms with Crippen LogP contribution in [0.5, 0.6) is 0 Å². The lowest BCUT2D eigenvalue weighted by atomic mass is 10.1. The third kappa shape index (κ3) is 3.14. The van der Waals surface area contributed by atoms with Gasteiger partial charge in [-0.05, 0) is 25.5 Å². The molecule has 3 N–H and O–H groups in total. The molecule has 6 heteroatoms. The van der Waals surface area contributed by atoms with E-state index in [9.17, 15) is 9.18 Å². The Kier molecular flexibility index (Phi) is 4.34. The van der Waals surface area contributed by atoms with E-state index in [1.807, 2.05) is 6.92 Å². The van der Waals surface area contributed by atoms with Crippen molar-refractivity contribution in [3.63, 3.8) is 0 Å². The van der Waals surface area contributed by atoms with Gasteiger partial charge >= 0.3 is 0 Å². The summed E-state index contributed by atoms with van der Waals surface area (Å²) in [5.41, 5.74) is 6.51. The summed E-state index contributed by atoms with van der Waals surface area (Å²) in [6, 6.07) is 2.67. The lowest BCUT2D eigenvalue weighted by Gasteiger charge is -2.07. The maximum Gasteiger partial charge on any atom is 0.251 e. The summed E-state index contributed by atoms with van der Waals surface area (Å²) in [5.74, 6) is -0.832.